The molecule has 5 heteroatoms. The Balaban J connectivity index is 2.42. The average Bonchev–Trinajstić information content (AvgIpc) is 2.45. The summed E-state index contributed by atoms with van der Waals surface area (Å²) in [4.78, 5) is 13.9. The van der Waals surface area contributed by atoms with Gasteiger partial charge in [0.2, 0.25) is 5.91 Å². The largest absolute Gasteiger partial charge is 0.383 e. The van der Waals surface area contributed by atoms with Crippen LogP contribution < -0.4 is 5.32 Å². The van der Waals surface area contributed by atoms with Crippen LogP contribution in [0, 0.1) is 11.3 Å². The number of likely N-dealkylation sites (N-methyl/N-ethyl adjacent to an activating group) is 1. The summed E-state index contributed by atoms with van der Waals surface area (Å²) in [6.45, 7) is 3.36. The molecule has 0 aromatic heterocycles. The maximum atomic E-state index is 11.8. The lowest BCUT2D eigenvalue weighted by Gasteiger charge is -2.23. The number of nitriles is 1. The molecule has 0 aliphatic carbocycles. The minimum atomic E-state index is -0.0587. The van der Waals surface area contributed by atoms with Crippen LogP contribution in [0.3, 0.4) is 0 Å². The molecule has 0 saturated carbocycles. The highest BCUT2D eigenvalue weighted by molar-refractivity contribution is 5.90. The summed E-state index contributed by atoms with van der Waals surface area (Å²) >= 11 is 0. The molecule has 0 saturated heterocycles. The number of hydrogen-bond donors (Lipinski definition) is 1. The molecule has 0 aliphatic heterocycles. The molecular formula is C15H21N3O2. The Kier molecular flexibility index (Phi) is 6.71. The molecule has 0 radical (unpaired) electrons. The number of amides is 1. The highest BCUT2D eigenvalue weighted by Gasteiger charge is 2.10. The highest BCUT2D eigenvalue weighted by atomic mass is 16.5. The summed E-state index contributed by atoms with van der Waals surface area (Å²) in [5.41, 5.74) is 1.19. The second-order valence-electron chi connectivity index (χ2n) is 4.78. The fourth-order valence-electron chi connectivity index (χ4n) is 1.76. The van der Waals surface area contributed by atoms with Gasteiger partial charge in [0.1, 0.15) is 0 Å². The van der Waals surface area contributed by atoms with E-state index < -0.39 is 0 Å². The van der Waals surface area contributed by atoms with Crippen LogP contribution in [0.2, 0.25) is 0 Å². The Morgan fingerprint density at radius 2 is 2.30 bits per heavy atom. The molecule has 1 rings (SSSR count). The smallest absolute Gasteiger partial charge is 0.225 e. The average molecular weight is 275 g/mol. The Bertz CT molecular complexity index is 482. The van der Waals surface area contributed by atoms with E-state index in [0.29, 0.717) is 30.8 Å². The monoisotopic (exact) mass is 275 g/mol. The summed E-state index contributed by atoms with van der Waals surface area (Å²) < 4.78 is 5.08. The molecule has 20 heavy (non-hydrogen) atoms. The Morgan fingerprint density at radius 1 is 1.55 bits per heavy atom. The van der Waals surface area contributed by atoms with Gasteiger partial charge in [-0.25, -0.2) is 0 Å². The van der Waals surface area contributed by atoms with E-state index in [2.05, 4.69) is 17.1 Å². The van der Waals surface area contributed by atoms with E-state index in [0.717, 1.165) is 0 Å². The number of ether oxygens (including phenoxy) is 1. The van der Waals surface area contributed by atoms with Gasteiger partial charge in [0.15, 0.2) is 0 Å². The van der Waals surface area contributed by atoms with Crippen molar-refractivity contribution in [3.05, 3.63) is 29.8 Å². The molecule has 1 atom stereocenters. The van der Waals surface area contributed by atoms with Crippen molar-refractivity contribution in [1.82, 2.24) is 4.90 Å². The lowest BCUT2D eigenvalue weighted by atomic mass is 10.2. The first-order valence-corrected chi connectivity index (χ1v) is 6.56. The predicted molar refractivity (Wildman–Crippen MR) is 78.4 cm³/mol. The molecule has 0 bridgehead atoms. The van der Waals surface area contributed by atoms with E-state index in [1.54, 1.807) is 31.4 Å². The van der Waals surface area contributed by atoms with E-state index in [1.807, 2.05) is 13.1 Å². The van der Waals surface area contributed by atoms with Crippen LogP contribution in [-0.4, -0.2) is 44.2 Å². The molecule has 0 aliphatic rings. The zero-order chi connectivity index (χ0) is 15.0. The number of nitrogens with one attached hydrogen (secondary N) is 1. The molecule has 1 aromatic carbocycles. The zero-order valence-electron chi connectivity index (χ0n) is 12.2. The van der Waals surface area contributed by atoms with Gasteiger partial charge in [0, 0.05) is 31.8 Å². The summed E-state index contributed by atoms with van der Waals surface area (Å²) in [5, 5.41) is 11.6. The first-order chi connectivity index (χ1) is 9.56. The Morgan fingerprint density at radius 3 is 2.95 bits per heavy atom. The van der Waals surface area contributed by atoms with Crippen molar-refractivity contribution in [3.63, 3.8) is 0 Å². The standard InChI is InChI=1S/C15H21N3O2/c1-12(11-20-3)18(2)8-7-15(19)17-14-6-4-5-13(9-14)10-16/h4-6,9,12H,7-8,11H2,1-3H3,(H,17,19). The quantitative estimate of drug-likeness (QED) is 0.825. The van der Waals surface area contributed by atoms with Gasteiger partial charge in [-0.05, 0) is 32.2 Å². The van der Waals surface area contributed by atoms with Gasteiger partial charge in [-0.1, -0.05) is 6.07 Å². The number of carbonyl (C=O) groups is 1. The first-order valence-electron chi connectivity index (χ1n) is 6.56. The molecule has 1 aromatic rings. The molecule has 1 unspecified atom stereocenters. The van der Waals surface area contributed by atoms with Crippen LogP contribution in [0.4, 0.5) is 5.69 Å². The van der Waals surface area contributed by atoms with Gasteiger partial charge in [0.05, 0.1) is 18.2 Å². The normalized spacial score (nSPS) is 11.9. The van der Waals surface area contributed by atoms with Crippen molar-refractivity contribution in [1.29, 1.82) is 5.26 Å². The number of carbonyl (C=O) groups excluding carboxylic acids is 1. The minimum absolute atomic E-state index is 0.0587. The number of benzene rings is 1. The molecule has 0 heterocycles. The summed E-state index contributed by atoms with van der Waals surface area (Å²) in [7, 11) is 3.63. The van der Waals surface area contributed by atoms with E-state index in [4.69, 9.17) is 10.00 Å². The molecule has 0 spiro atoms. The minimum Gasteiger partial charge on any atom is -0.383 e. The Hall–Kier alpha value is -1.90. The fraction of sp³-hybridized carbons (Fsp3) is 0.467. The summed E-state index contributed by atoms with van der Waals surface area (Å²) in [6, 6.07) is 9.21. The van der Waals surface area contributed by atoms with Crippen molar-refractivity contribution in [2.75, 3.05) is 32.6 Å². The predicted octanol–water partition coefficient (Wildman–Crippen LogP) is 1.85. The number of rotatable bonds is 7. The summed E-state index contributed by atoms with van der Waals surface area (Å²) in [5.74, 6) is -0.0587. The third kappa shape index (κ3) is 5.39. The van der Waals surface area contributed by atoms with Crippen molar-refractivity contribution in [3.8, 4) is 6.07 Å². The maximum Gasteiger partial charge on any atom is 0.225 e. The van der Waals surface area contributed by atoms with Gasteiger partial charge in [0.25, 0.3) is 0 Å². The second kappa shape index (κ2) is 8.31. The number of methoxy groups -OCH3 is 1. The lowest BCUT2D eigenvalue weighted by Crippen LogP contribution is -2.35. The van der Waals surface area contributed by atoms with Gasteiger partial charge >= 0.3 is 0 Å². The third-order valence-corrected chi connectivity index (χ3v) is 3.13. The third-order valence-electron chi connectivity index (χ3n) is 3.13. The van der Waals surface area contributed by atoms with Crippen molar-refractivity contribution in [2.45, 2.75) is 19.4 Å². The van der Waals surface area contributed by atoms with Crippen molar-refractivity contribution >= 4 is 11.6 Å². The van der Waals surface area contributed by atoms with Gasteiger partial charge in [-0.15, -0.1) is 0 Å². The maximum absolute atomic E-state index is 11.8. The van der Waals surface area contributed by atoms with Crippen LogP contribution in [0.1, 0.15) is 18.9 Å². The molecule has 5 nitrogen and oxygen atoms in total. The summed E-state index contributed by atoms with van der Waals surface area (Å²) in [6.07, 6.45) is 0.404. The SMILES string of the molecule is COCC(C)N(C)CCC(=O)Nc1cccc(C#N)c1. The van der Waals surface area contributed by atoms with Crippen LogP contribution in [-0.2, 0) is 9.53 Å². The first kappa shape index (κ1) is 16.2. The van der Waals surface area contributed by atoms with Crippen LogP contribution >= 0.6 is 0 Å². The van der Waals surface area contributed by atoms with Crippen molar-refractivity contribution in [2.24, 2.45) is 0 Å². The van der Waals surface area contributed by atoms with E-state index in [1.165, 1.54) is 0 Å². The Labute approximate surface area is 120 Å². The van der Waals surface area contributed by atoms with Crippen molar-refractivity contribution < 1.29 is 9.53 Å². The van der Waals surface area contributed by atoms with Gasteiger partial charge in [-0.3, -0.25) is 4.79 Å². The molecule has 1 N–H and O–H groups in total. The van der Waals surface area contributed by atoms with Gasteiger partial charge in [-0.2, -0.15) is 5.26 Å². The lowest BCUT2D eigenvalue weighted by molar-refractivity contribution is -0.116. The van der Waals surface area contributed by atoms with Crippen LogP contribution in [0.5, 0.6) is 0 Å². The number of nitrogens with zero attached hydrogens (tertiary/aromatic N) is 2. The molecule has 108 valence electrons. The molecule has 1 amide bonds. The number of anilines is 1. The van der Waals surface area contributed by atoms with E-state index in [9.17, 15) is 4.79 Å². The molecule has 0 fully saturated rings. The van der Waals surface area contributed by atoms with E-state index >= 15 is 0 Å². The highest BCUT2D eigenvalue weighted by Crippen LogP contribution is 2.10. The topological polar surface area (TPSA) is 65.4 Å². The van der Waals surface area contributed by atoms with Gasteiger partial charge < -0.3 is 15.0 Å². The number of hydrogen-bond acceptors (Lipinski definition) is 4. The zero-order valence-corrected chi connectivity index (χ0v) is 12.2. The van der Waals surface area contributed by atoms with Crippen LogP contribution in [0.25, 0.3) is 0 Å². The fourth-order valence-corrected chi connectivity index (χ4v) is 1.76. The second-order valence-corrected chi connectivity index (χ2v) is 4.78. The molecular weight excluding hydrogens is 254 g/mol. The van der Waals surface area contributed by atoms with Crippen LogP contribution in [0.15, 0.2) is 24.3 Å². The van der Waals surface area contributed by atoms with E-state index in [-0.39, 0.29) is 11.9 Å².